The van der Waals surface area contributed by atoms with Gasteiger partial charge in [-0.1, -0.05) is 23.7 Å². The molecule has 5 rings (SSSR count). The first kappa shape index (κ1) is 15.8. The van der Waals surface area contributed by atoms with Crippen LogP contribution in [0.3, 0.4) is 0 Å². The number of hydrogen-bond donors (Lipinski definition) is 0. The predicted molar refractivity (Wildman–Crippen MR) is 102 cm³/mol. The van der Waals surface area contributed by atoms with Crippen LogP contribution in [-0.4, -0.2) is 21.1 Å². The second-order valence-electron chi connectivity index (χ2n) is 6.94. The average Bonchev–Trinajstić information content (AvgIpc) is 3.38. The minimum atomic E-state index is -0.479. The van der Waals surface area contributed by atoms with E-state index in [2.05, 4.69) is 32.7 Å². The Hall–Kier alpha value is -2.43. The van der Waals surface area contributed by atoms with Crippen LogP contribution < -0.4 is 0 Å². The summed E-state index contributed by atoms with van der Waals surface area (Å²) in [6.07, 6.45) is 6.76. The predicted octanol–water partition coefficient (Wildman–Crippen LogP) is 4.15. The Morgan fingerprint density at radius 2 is 2.08 bits per heavy atom. The maximum absolute atomic E-state index is 6.36. The number of nitrogens with zero attached hydrogens (tertiary/aromatic N) is 3. The topological polar surface area (TPSA) is 43.2 Å². The Morgan fingerprint density at radius 1 is 1.23 bits per heavy atom. The number of benzene rings is 1. The summed E-state index contributed by atoms with van der Waals surface area (Å²) >= 11 is 6.36. The molecule has 1 fully saturated rings. The van der Waals surface area contributed by atoms with Crippen LogP contribution in [0.5, 0.6) is 0 Å². The number of imidazole rings is 1. The molecule has 1 aromatic carbocycles. The van der Waals surface area contributed by atoms with Crippen LogP contribution in [0.1, 0.15) is 33.9 Å². The fourth-order valence-corrected chi connectivity index (χ4v) is 3.99. The van der Waals surface area contributed by atoms with Gasteiger partial charge in [-0.2, -0.15) is 0 Å². The van der Waals surface area contributed by atoms with E-state index in [-0.39, 0.29) is 0 Å². The van der Waals surface area contributed by atoms with E-state index in [1.54, 1.807) is 0 Å². The molecule has 0 amide bonds. The smallest absolute Gasteiger partial charge is 0.158 e. The van der Waals surface area contributed by atoms with Gasteiger partial charge in [0.15, 0.2) is 5.60 Å². The highest BCUT2D eigenvalue weighted by Gasteiger charge is 2.53. The molecular formula is C21H18ClN3O. The van der Waals surface area contributed by atoms with Gasteiger partial charge < -0.3 is 9.30 Å². The quantitative estimate of drug-likeness (QED) is 0.642. The van der Waals surface area contributed by atoms with Crippen molar-refractivity contribution >= 4 is 23.3 Å². The molecule has 130 valence electrons. The van der Waals surface area contributed by atoms with Crippen LogP contribution >= 0.6 is 11.6 Å². The number of halogens is 1. The lowest BCUT2D eigenvalue weighted by Crippen LogP contribution is -2.17. The second kappa shape index (κ2) is 5.53. The number of pyridine rings is 1. The van der Waals surface area contributed by atoms with Gasteiger partial charge in [0.2, 0.25) is 0 Å². The number of rotatable bonds is 2. The second-order valence-corrected chi connectivity index (χ2v) is 7.38. The number of aromatic nitrogens is 3. The van der Waals surface area contributed by atoms with E-state index >= 15 is 0 Å². The lowest BCUT2D eigenvalue weighted by Gasteiger charge is -2.19. The molecule has 0 bridgehead atoms. The molecule has 5 heteroatoms. The van der Waals surface area contributed by atoms with Gasteiger partial charge in [-0.05, 0) is 47.9 Å². The standard InChI is InChI=1S/C21H18ClN3O/c1-13-24-11-20(25(13)2)21(12-26-21)18-8-15-4-3-7-23-19(15)9-14-5-6-16(22)10-17(14)18/h3-8,10-11H,9,12H2,1-2H3. The Labute approximate surface area is 157 Å². The van der Waals surface area contributed by atoms with E-state index in [0.717, 1.165) is 45.4 Å². The van der Waals surface area contributed by atoms with Crippen LogP contribution in [0.15, 0.2) is 42.7 Å². The van der Waals surface area contributed by atoms with Crippen LogP contribution in [0, 0.1) is 6.92 Å². The van der Waals surface area contributed by atoms with Gasteiger partial charge >= 0.3 is 0 Å². The van der Waals surface area contributed by atoms with Crippen molar-refractivity contribution in [3.8, 4) is 0 Å². The van der Waals surface area contributed by atoms with Gasteiger partial charge in [0.25, 0.3) is 0 Å². The summed E-state index contributed by atoms with van der Waals surface area (Å²) in [5.41, 5.74) is 6.27. The van der Waals surface area contributed by atoms with E-state index in [1.807, 2.05) is 44.6 Å². The van der Waals surface area contributed by atoms with Crippen molar-refractivity contribution < 1.29 is 4.74 Å². The van der Waals surface area contributed by atoms with E-state index in [4.69, 9.17) is 16.3 Å². The van der Waals surface area contributed by atoms with Crippen molar-refractivity contribution in [1.29, 1.82) is 0 Å². The molecule has 0 N–H and O–H groups in total. The fourth-order valence-electron chi connectivity index (χ4n) is 3.82. The molecule has 2 aliphatic rings. The van der Waals surface area contributed by atoms with Crippen LogP contribution in [0.2, 0.25) is 5.02 Å². The molecule has 0 saturated carbocycles. The third kappa shape index (κ3) is 2.26. The molecule has 1 atom stereocenters. The highest BCUT2D eigenvalue weighted by Crippen LogP contribution is 2.52. The van der Waals surface area contributed by atoms with Crippen molar-refractivity contribution in [3.05, 3.63) is 81.7 Å². The van der Waals surface area contributed by atoms with E-state index < -0.39 is 5.60 Å². The number of aryl methyl sites for hydroxylation is 1. The zero-order valence-corrected chi connectivity index (χ0v) is 15.4. The van der Waals surface area contributed by atoms with E-state index in [9.17, 15) is 0 Å². The van der Waals surface area contributed by atoms with Gasteiger partial charge in [0, 0.05) is 30.3 Å². The molecule has 2 aromatic heterocycles. The normalized spacial score (nSPS) is 20.8. The van der Waals surface area contributed by atoms with Crippen molar-refractivity contribution in [3.63, 3.8) is 0 Å². The number of hydrogen-bond acceptors (Lipinski definition) is 3. The molecule has 1 aliphatic carbocycles. The first-order valence-electron chi connectivity index (χ1n) is 8.66. The number of fused-ring (bicyclic) bond motifs is 2. The molecule has 4 nitrogen and oxygen atoms in total. The van der Waals surface area contributed by atoms with E-state index in [0.29, 0.717) is 6.61 Å². The zero-order chi connectivity index (χ0) is 17.9. The molecule has 3 aromatic rings. The molecule has 1 saturated heterocycles. The molecule has 3 heterocycles. The number of epoxide rings is 1. The Bertz CT molecular complexity index is 1060. The lowest BCUT2D eigenvalue weighted by molar-refractivity contribution is 0.355. The summed E-state index contributed by atoms with van der Waals surface area (Å²) in [4.78, 5) is 9.07. The summed E-state index contributed by atoms with van der Waals surface area (Å²) in [5.74, 6) is 0.970. The Morgan fingerprint density at radius 3 is 2.81 bits per heavy atom. The summed E-state index contributed by atoms with van der Waals surface area (Å²) in [7, 11) is 2.03. The highest BCUT2D eigenvalue weighted by atomic mass is 35.5. The van der Waals surface area contributed by atoms with Crippen molar-refractivity contribution in [2.75, 3.05) is 6.61 Å². The summed E-state index contributed by atoms with van der Waals surface area (Å²) < 4.78 is 8.19. The molecule has 26 heavy (non-hydrogen) atoms. The monoisotopic (exact) mass is 363 g/mol. The molecular weight excluding hydrogens is 346 g/mol. The minimum absolute atomic E-state index is 0.479. The molecule has 0 radical (unpaired) electrons. The van der Waals surface area contributed by atoms with Gasteiger partial charge in [-0.25, -0.2) is 4.98 Å². The Balaban J connectivity index is 1.78. The highest BCUT2D eigenvalue weighted by molar-refractivity contribution is 6.30. The lowest BCUT2D eigenvalue weighted by atomic mass is 9.87. The van der Waals surface area contributed by atoms with Gasteiger partial charge in [-0.3, -0.25) is 4.98 Å². The summed E-state index contributed by atoms with van der Waals surface area (Å²) in [5, 5.41) is 0.727. The van der Waals surface area contributed by atoms with Crippen LogP contribution in [0.25, 0.3) is 11.6 Å². The molecule has 1 unspecified atom stereocenters. The zero-order valence-electron chi connectivity index (χ0n) is 14.7. The largest absolute Gasteiger partial charge is 0.358 e. The first-order chi connectivity index (χ1) is 12.6. The van der Waals surface area contributed by atoms with E-state index in [1.165, 1.54) is 5.56 Å². The first-order valence-corrected chi connectivity index (χ1v) is 9.04. The van der Waals surface area contributed by atoms with Crippen molar-refractivity contribution in [1.82, 2.24) is 14.5 Å². The summed E-state index contributed by atoms with van der Waals surface area (Å²) in [6, 6.07) is 10.2. The van der Waals surface area contributed by atoms with Gasteiger partial charge in [0.05, 0.1) is 24.2 Å². The van der Waals surface area contributed by atoms with Gasteiger partial charge in [-0.15, -0.1) is 0 Å². The fraction of sp³-hybridized carbons (Fsp3) is 0.238. The Kier molecular flexibility index (Phi) is 3.36. The summed E-state index contributed by atoms with van der Waals surface area (Å²) in [6.45, 7) is 2.64. The minimum Gasteiger partial charge on any atom is -0.358 e. The molecule has 1 aliphatic heterocycles. The average molecular weight is 364 g/mol. The van der Waals surface area contributed by atoms with Crippen molar-refractivity contribution in [2.45, 2.75) is 18.9 Å². The van der Waals surface area contributed by atoms with Crippen LogP contribution in [-0.2, 0) is 23.8 Å². The third-order valence-electron chi connectivity index (χ3n) is 5.45. The maximum Gasteiger partial charge on any atom is 0.158 e. The number of ether oxygens (including phenoxy) is 1. The van der Waals surface area contributed by atoms with Gasteiger partial charge in [0.1, 0.15) is 5.82 Å². The maximum atomic E-state index is 6.36. The third-order valence-corrected chi connectivity index (χ3v) is 5.68. The van der Waals surface area contributed by atoms with Crippen LogP contribution in [0.4, 0.5) is 0 Å². The molecule has 0 spiro atoms. The SMILES string of the molecule is Cc1ncc(C2(C3=Cc4cccnc4Cc4ccc(Cl)cc43)CO2)n1C. The van der Waals surface area contributed by atoms with Crippen molar-refractivity contribution in [2.24, 2.45) is 7.05 Å².